The average Bonchev–Trinajstić information content (AvgIpc) is 2.71. The zero-order valence-corrected chi connectivity index (χ0v) is 14.9. The summed E-state index contributed by atoms with van der Waals surface area (Å²) >= 11 is 0. The van der Waals surface area contributed by atoms with Crippen LogP contribution in [0.5, 0.6) is 0 Å². The third-order valence-electron chi connectivity index (χ3n) is 4.65. The van der Waals surface area contributed by atoms with E-state index in [1.807, 2.05) is 49.4 Å². The molecule has 2 heterocycles. The van der Waals surface area contributed by atoms with Gasteiger partial charge >= 0.3 is 0 Å². The first-order chi connectivity index (χ1) is 13.2. The van der Waals surface area contributed by atoms with E-state index in [4.69, 9.17) is 0 Å². The fraction of sp³-hybridized carbons (Fsp3) is 0.136. The zero-order chi connectivity index (χ0) is 18.8. The van der Waals surface area contributed by atoms with E-state index in [1.54, 1.807) is 16.8 Å². The van der Waals surface area contributed by atoms with Crippen LogP contribution in [-0.2, 0) is 13.0 Å². The number of nitrogens with zero attached hydrogens (tertiary/aromatic N) is 3. The molecule has 0 saturated carbocycles. The van der Waals surface area contributed by atoms with Crippen LogP contribution in [0.2, 0.25) is 0 Å². The molecular weight excluding hydrogens is 341 g/mol. The van der Waals surface area contributed by atoms with E-state index in [0.29, 0.717) is 16.6 Å². The summed E-state index contributed by atoms with van der Waals surface area (Å²) in [6.45, 7) is 2.19. The highest BCUT2D eigenvalue weighted by molar-refractivity contribution is 5.74. The van der Waals surface area contributed by atoms with Crippen molar-refractivity contribution in [2.24, 2.45) is 0 Å². The molecular formula is C22H18FN3O. The Morgan fingerprint density at radius 3 is 2.63 bits per heavy atom. The van der Waals surface area contributed by atoms with E-state index in [9.17, 15) is 9.18 Å². The second-order valence-corrected chi connectivity index (χ2v) is 6.37. The van der Waals surface area contributed by atoms with Gasteiger partial charge in [-0.25, -0.2) is 9.37 Å². The highest BCUT2D eigenvalue weighted by atomic mass is 19.1. The molecule has 0 spiro atoms. The van der Waals surface area contributed by atoms with Crippen molar-refractivity contribution in [3.63, 3.8) is 0 Å². The van der Waals surface area contributed by atoms with Crippen LogP contribution < -0.4 is 5.56 Å². The Balaban J connectivity index is 1.72. The number of aromatic nitrogens is 3. The number of aryl methyl sites for hydroxylation is 1. The first-order valence-corrected chi connectivity index (χ1v) is 8.84. The minimum atomic E-state index is -0.338. The Hall–Kier alpha value is -3.34. The predicted molar refractivity (Wildman–Crippen MR) is 104 cm³/mol. The third-order valence-corrected chi connectivity index (χ3v) is 4.65. The maximum absolute atomic E-state index is 14.8. The van der Waals surface area contributed by atoms with Crippen molar-refractivity contribution in [1.82, 2.24) is 14.5 Å². The molecule has 134 valence electrons. The van der Waals surface area contributed by atoms with Gasteiger partial charge in [0.25, 0.3) is 5.56 Å². The number of halogens is 1. The van der Waals surface area contributed by atoms with Crippen molar-refractivity contribution in [1.29, 1.82) is 0 Å². The van der Waals surface area contributed by atoms with Gasteiger partial charge in [0.2, 0.25) is 0 Å². The molecule has 2 aromatic carbocycles. The molecule has 4 aromatic rings. The maximum atomic E-state index is 14.8. The molecule has 4 nitrogen and oxygen atoms in total. The van der Waals surface area contributed by atoms with Gasteiger partial charge in [0.05, 0.1) is 23.8 Å². The summed E-state index contributed by atoms with van der Waals surface area (Å²) in [7, 11) is 0. The molecule has 0 bridgehead atoms. The lowest BCUT2D eigenvalue weighted by molar-refractivity contribution is 0.599. The third kappa shape index (κ3) is 3.36. The number of hydrogen-bond acceptors (Lipinski definition) is 3. The normalized spacial score (nSPS) is 11.0. The summed E-state index contributed by atoms with van der Waals surface area (Å²) in [5, 5.41) is 0. The molecule has 0 N–H and O–H groups in total. The number of hydrogen-bond donors (Lipinski definition) is 0. The monoisotopic (exact) mass is 359 g/mol. The van der Waals surface area contributed by atoms with Crippen molar-refractivity contribution in [3.05, 3.63) is 94.4 Å². The van der Waals surface area contributed by atoms with Gasteiger partial charge in [0, 0.05) is 17.5 Å². The van der Waals surface area contributed by atoms with Crippen LogP contribution in [-0.4, -0.2) is 14.5 Å². The van der Waals surface area contributed by atoms with Gasteiger partial charge in [0.15, 0.2) is 0 Å². The van der Waals surface area contributed by atoms with Crippen molar-refractivity contribution < 1.29 is 4.39 Å². The first-order valence-electron chi connectivity index (χ1n) is 8.84. The van der Waals surface area contributed by atoms with E-state index >= 15 is 0 Å². The van der Waals surface area contributed by atoms with Crippen LogP contribution in [0.25, 0.3) is 22.2 Å². The smallest absolute Gasteiger partial charge is 0.269 e. The molecule has 0 aliphatic rings. The Morgan fingerprint density at radius 1 is 1.00 bits per heavy atom. The molecule has 0 atom stereocenters. The molecule has 27 heavy (non-hydrogen) atoms. The summed E-state index contributed by atoms with van der Waals surface area (Å²) in [5.41, 5.74) is 4.29. The second kappa shape index (κ2) is 7.11. The van der Waals surface area contributed by atoms with Gasteiger partial charge in [-0.3, -0.25) is 9.78 Å². The Morgan fingerprint density at radius 2 is 1.81 bits per heavy atom. The van der Waals surface area contributed by atoms with E-state index in [0.717, 1.165) is 23.2 Å². The number of para-hydroxylation sites is 2. The number of benzene rings is 2. The van der Waals surface area contributed by atoms with Gasteiger partial charge in [-0.15, -0.1) is 0 Å². The zero-order valence-electron chi connectivity index (χ0n) is 14.9. The number of rotatable bonds is 4. The fourth-order valence-corrected chi connectivity index (χ4v) is 3.15. The molecule has 0 fully saturated rings. The van der Waals surface area contributed by atoms with Crippen LogP contribution >= 0.6 is 0 Å². The Labute approximate surface area is 156 Å². The summed E-state index contributed by atoms with van der Waals surface area (Å²) in [5.74, 6) is -0.338. The van der Waals surface area contributed by atoms with Gasteiger partial charge in [-0.2, -0.15) is 0 Å². The lowest BCUT2D eigenvalue weighted by Crippen LogP contribution is -2.21. The first kappa shape index (κ1) is 17.1. The summed E-state index contributed by atoms with van der Waals surface area (Å²) in [4.78, 5) is 20.7. The van der Waals surface area contributed by atoms with Crippen molar-refractivity contribution in [2.45, 2.75) is 19.9 Å². The van der Waals surface area contributed by atoms with Crippen LogP contribution in [0.3, 0.4) is 0 Å². The summed E-state index contributed by atoms with van der Waals surface area (Å²) < 4.78 is 16.3. The van der Waals surface area contributed by atoms with E-state index in [-0.39, 0.29) is 17.9 Å². The van der Waals surface area contributed by atoms with Gasteiger partial charge in [-0.1, -0.05) is 31.2 Å². The molecule has 0 aliphatic heterocycles. The molecule has 0 aliphatic carbocycles. The summed E-state index contributed by atoms with van der Waals surface area (Å²) in [6, 6.07) is 16.3. The predicted octanol–water partition coefficient (Wildman–Crippen LogP) is 4.21. The van der Waals surface area contributed by atoms with Gasteiger partial charge in [0.1, 0.15) is 5.82 Å². The van der Waals surface area contributed by atoms with E-state index in [1.165, 1.54) is 12.3 Å². The van der Waals surface area contributed by atoms with E-state index < -0.39 is 0 Å². The quantitative estimate of drug-likeness (QED) is 0.548. The van der Waals surface area contributed by atoms with Crippen molar-refractivity contribution >= 4 is 11.0 Å². The van der Waals surface area contributed by atoms with E-state index in [2.05, 4.69) is 9.97 Å². The van der Waals surface area contributed by atoms with Crippen molar-refractivity contribution in [2.75, 3.05) is 0 Å². The molecule has 5 heteroatoms. The van der Waals surface area contributed by atoms with Crippen LogP contribution in [0, 0.1) is 5.82 Å². The molecule has 2 aromatic heterocycles. The molecule has 0 unspecified atom stereocenters. The molecule has 4 rings (SSSR count). The van der Waals surface area contributed by atoms with Crippen LogP contribution in [0.4, 0.5) is 4.39 Å². The Kier molecular flexibility index (Phi) is 4.50. The maximum Gasteiger partial charge on any atom is 0.269 e. The van der Waals surface area contributed by atoms with Crippen LogP contribution in [0.1, 0.15) is 18.2 Å². The van der Waals surface area contributed by atoms with Gasteiger partial charge < -0.3 is 4.57 Å². The second-order valence-electron chi connectivity index (χ2n) is 6.37. The highest BCUT2D eigenvalue weighted by Gasteiger charge is 2.10. The Bertz CT molecular complexity index is 1180. The lowest BCUT2D eigenvalue weighted by Gasteiger charge is -2.11. The topological polar surface area (TPSA) is 47.8 Å². The molecule has 0 radical (unpaired) electrons. The van der Waals surface area contributed by atoms with Crippen LogP contribution in [0.15, 0.2) is 71.8 Å². The summed E-state index contributed by atoms with van der Waals surface area (Å²) in [6.07, 6.45) is 3.84. The minimum Gasteiger partial charge on any atom is -0.301 e. The lowest BCUT2D eigenvalue weighted by atomic mass is 10.0. The largest absolute Gasteiger partial charge is 0.301 e. The molecule has 0 amide bonds. The average molecular weight is 359 g/mol. The SMILES string of the molecule is CCc1cc(-c2ccc(Cn3c(=O)cnc4ccccc43)c(F)c2)ccn1. The number of pyridine rings is 1. The molecule has 0 saturated heterocycles. The van der Waals surface area contributed by atoms with Crippen molar-refractivity contribution in [3.8, 4) is 11.1 Å². The highest BCUT2D eigenvalue weighted by Crippen LogP contribution is 2.23. The van der Waals surface area contributed by atoms with Gasteiger partial charge in [-0.05, 0) is 47.9 Å². The standard InChI is InChI=1S/C22H18FN3O/c1-2-18-11-16(9-10-24-18)15-7-8-17(19(23)12-15)14-26-21-6-4-3-5-20(21)25-13-22(26)27/h3-13H,2,14H2,1H3. The number of fused-ring (bicyclic) bond motifs is 1. The minimum absolute atomic E-state index is 0.157. The fourth-order valence-electron chi connectivity index (χ4n) is 3.15.